The average Bonchev–Trinajstić information content (AvgIpc) is 3.13. The van der Waals surface area contributed by atoms with Gasteiger partial charge in [0.2, 0.25) is 0 Å². The Bertz CT molecular complexity index is 490. The second-order valence-electron chi connectivity index (χ2n) is 6.44. The van der Waals surface area contributed by atoms with Crippen molar-refractivity contribution >= 4 is 5.78 Å². The number of rotatable bonds is 7. The largest absolute Gasteiger partial charge is 0.296 e. The van der Waals surface area contributed by atoms with Crippen molar-refractivity contribution < 1.29 is 4.79 Å². The summed E-state index contributed by atoms with van der Waals surface area (Å²) < 4.78 is 0. The molecule has 0 atom stereocenters. The van der Waals surface area contributed by atoms with Gasteiger partial charge in [0.1, 0.15) is 0 Å². The van der Waals surface area contributed by atoms with Crippen LogP contribution in [0.1, 0.15) is 54.1 Å². The zero-order valence-electron chi connectivity index (χ0n) is 12.5. The van der Waals surface area contributed by atoms with Gasteiger partial charge in [-0.2, -0.15) is 0 Å². The molecule has 108 valence electrons. The van der Waals surface area contributed by atoms with Crippen molar-refractivity contribution in [3.63, 3.8) is 0 Å². The smallest absolute Gasteiger partial charge is 0.176 e. The number of carbonyl (C=O) groups is 1. The molecular formula is C18H25NO. The van der Waals surface area contributed by atoms with E-state index in [1.807, 2.05) is 6.07 Å². The fourth-order valence-electron chi connectivity index (χ4n) is 3.26. The first kappa shape index (κ1) is 13.8. The number of benzene rings is 1. The number of carbonyl (C=O) groups excluding carboxylic acids is 1. The van der Waals surface area contributed by atoms with Crippen LogP contribution in [0.5, 0.6) is 0 Å². The predicted molar refractivity (Wildman–Crippen MR) is 82.3 cm³/mol. The molecule has 2 aliphatic carbocycles. The monoisotopic (exact) mass is 271 g/mol. The van der Waals surface area contributed by atoms with Gasteiger partial charge in [-0.25, -0.2) is 0 Å². The van der Waals surface area contributed by atoms with Crippen LogP contribution in [0.4, 0.5) is 0 Å². The molecule has 2 heteroatoms. The van der Waals surface area contributed by atoms with Gasteiger partial charge < -0.3 is 0 Å². The van der Waals surface area contributed by atoms with E-state index in [1.54, 1.807) is 0 Å². The van der Waals surface area contributed by atoms with E-state index in [4.69, 9.17) is 0 Å². The van der Waals surface area contributed by atoms with Crippen molar-refractivity contribution in [2.45, 2.75) is 45.4 Å². The first-order valence-electron chi connectivity index (χ1n) is 8.13. The van der Waals surface area contributed by atoms with Gasteiger partial charge in [0.15, 0.2) is 5.78 Å². The number of ketones is 1. The van der Waals surface area contributed by atoms with Crippen molar-refractivity contribution in [3.05, 3.63) is 34.9 Å². The van der Waals surface area contributed by atoms with Crippen molar-refractivity contribution in [1.82, 2.24) is 4.90 Å². The van der Waals surface area contributed by atoms with E-state index in [-0.39, 0.29) is 0 Å². The highest BCUT2D eigenvalue weighted by atomic mass is 16.1. The number of Topliss-reactive ketones (excluding diaryl/α,β-unsaturated/α-hetero) is 1. The second kappa shape index (κ2) is 6.09. The topological polar surface area (TPSA) is 20.3 Å². The Hall–Kier alpha value is -1.15. The molecule has 1 saturated carbocycles. The van der Waals surface area contributed by atoms with Gasteiger partial charge in [-0.1, -0.05) is 19.1 Å². The number of hydrogen-bond acceptors (Lipinski definition) is 2. The molecule has 1 aromatic carbocycles. The zero-order valence-corrected chi connectivity index (χ0v) is 12.5. The SMILES string of the molecule is CCCN(CC(=O)c1ccc2c(c1)CCC2)CC1CC1. The highest BCUT2D eigenvalue weighted by molar-refractivity contribution is 5.97. The van der Waals surface area contributed by atoms with Gasteiger partial charge in [0.25, 0.3) is 0 Å². The minimum atomic E-state index is 0.300. The van der Waals surface area contributed by atoms with Crippen LogP contribution in [0.2, 0.25) is 0 Å². The number of aryl methyl sites for hydroxylation is 2. The second-order valence-corrected chi connectivity index (χ2v) is 6.44. The molecule has 0 heterocycles. The summed E-state index contributed by atoms with van der Waals surface area (Å²) in [7, 11) is 0. The van der Waals surface area contributed by atoms with Crippen LogP contribution < -0.4 is 0 Å². The molecule has 3 rings (SSSR count). The summed E-state index contributed by atoms with van der Waals surface area (Å²) in [5.41, 5.74) is 3.77. The van der Waals surface area contributed by atoms with E-state index < -0.39 is 0 Å². The van der Waals surface area contributed by atoms with Crippen LogP contribution in [0, 0.1) is 5.92 Å². The lowest BCUT2D eigenvalue weighted by Gasteiger charge is -2.20. The van der Waals surface area contributed by atoms with E-state index in [9.17, 15) is 4.79 Å². The third-order valence-corrected chi connectivity index (χ3v) is 4.54. The summed E-state index contributed by atoms with van der Waals surface area (Å²) in [5.74, 6) is 1.16. The zero-order chi connectivity index (χ0) is 13.9. The van der Waals surface area contributed by atoms with Crippen LogP contribution in [0.25, 0.3) is 0 Å². The third kappa shape index (κ3) is 3.29. The molecular weight excluding hydrogens is 246 g/mol. The summed E-state index contributed by atoms with van der Waals surface area (Å²) >= 11 is 0. The van der Waals surface area contributed by atoms with Crippen molar-refractivity contribution in [1.29, 1.82) is 0 Å². The molecule has 0 spiro atoms. The van der Waals surface area contributed by atoms with E-state index in [0.717, 1.165) is 37.4 Å². The molecule has 2 nitrogen and oxygen atoms in total. The minimum absolute atomic E-state index is 0.300. The average molecular weight is 271 g/mol. The Kier molecular flexibility index (Phi) is 4.21. The summed E-state index contributed by atoms with van der Waals surface area (Å²) in [6, 6.07) is 6.35. The van der Waals surface area contributed by atoms with Crippen molar-refractivity contribution in [2.24, 2.45) is 5.92 Å². The van der Waals surface area contributed by atoms with Crippen LogP contribution in [0.15, 0.2) is 18.2 Å². The molecule has 0 bridgehead atoms. The lowest BCUT2D eigenvalue weighted by molar-refractivity contribution is 0.0927. The molecule has 0 amide bonds. The quantitative estimate of drug-likeness (QED) is 0.708. The minimum Gasteiger partial charge on any atom is -0.296 e. The maximum atomic E-state index is 12.5. The molecule has 0 aliphatic heterocycles. The molecule has 0 unspecified atom stereocenters. The van der Waals surface area contributed by atoms with Crippen LogP contribution >= 0.6 is 0 Å². The maximum absolute atomic E-state index is 12.5. The third-order valence-electron chi connectivity index (χ3n) is 4.54. The Balaban J connectivity index is 1.64. The fourth-order valence-corrected chi connectivity index (χ4v) is 3.26. The normalized spacial score (nSPS) is 17.5. The summed E-state index contributed by atoms with van der Waals surface area (Å²) in [6.45, 7) is 4.96. The summed E-state index contributed by atoms with van der Waals surface area (Å²) in [6.07, 6.45) is 7.42. The molecule has 1 fully saturated rings. The lowest BCUT2D eigenvalue weighted by Crippen LogP contribution is -2.32. The molecule has 0 aromatic heterocycles. The van der Waals surface area contributed by atoms with Gasteiger partial charge in [0, 0.05) is 12.1 Å². The summed E-state index contributed by atoms with van der Waals surface area (Å²) in [4.78, 5) is 14.8. The van der Waals surface area contributed by atoms with E-state index in [1.165, 1.54) is 36.8 Å². The number of hydrogen-bond donors (Lipinski definition) is 0. The number of fused-ring (bicyclic) bond motifs is 1. The Morgan fingerprint density at radius 1 is 1.25 bits per heavy atom. The standard InChI is InChI=1S/C18H25NO/c1-2-10-19(12-14-6-7-14)13-18(20)17-9-8-15-4-3-5-16(15)11-17/h8-9,11,14H,2-7,10,12-13H2,1H3. The van der Waals surface area contributed by atoms with Gasteiger partial charge in [-0.15, -0.1) is 0 Å². The lowest BCUT2D eigenvalue weighted by atomic mass is 10.0. The van der Waals surface area contributed by atoms with E-state index >= 15 is 0 Å². The fraction of sp³-hybridized carbons (Fsp3) is 0.611. The predicted octanol–water partition coefficient (Wildman–Crippen LogP) is 3.48. The van der Waals surface area contributed by atoms with Gasteiger partial charge >= 0.3 is 0 Å². The van der Waals surface area contributed by atoms with E-state index in [0.29, 0.717) is 12.3 Å². The van der Waals surface area contributed by atoms with E-state index in [2.05, 4.69) is 24.0 Å². The van der Waals surface area contributed by atoms with Gasteiger partial charge in [-0.3, -0.25) is 9.69 Å². The van der Waals surface area contributed by atoms with Crippen molar-refractivity contribution in [3.8, 4) is 0 Å². The molecule has 0 N–H and O–H groups in total. The highest BCUT2D eigenvalue weighted by Crippen LogP contribution is 2.30. The Morgan fingerprint density at radius 3 is 2.80 bits per heavy atom. The molecule has 1 aromatic rings. The Labute approximate surface area is 122 Å². The number of nitrogens with zero attached hydrogens (tertiary/aromatic N) is 1. The first-order chi connectivity index (χ1) is 9.76. The van der Waals surface area contributed by atoms with Gasteiger partial charge in [0.05, 0.1) is 6.54 Å². The molecule has 0 radical (unpaired) electrons. The van der Waals surface area contributed by atoms with Crippen LogP contribution in [0.3, 0.4) is 0 Å². The van der Waals surface area contributed by atoms with Crippen LogP contribution in [-0.4, -0.2) is 30.3 Å². The molecule has 20 heavy (non-hydrogen) atoms. The Morgan fingerprint density at radius 2 is 2.05 bits per heavy atom. The highest BCUT2D eigenvalue weighted by Gasteiger charge is 2.25. The van der Waals surface area contributed by atoms with Gasteiger partial charge in [-0.05, 0) is 68.2 Å². The van der Waals surface area contributed by atoms with Crippen LogP contribution in [-0.2, 0) is 12.8 Å². The molecule has 0 saturated heterocycles. The van der Waals surface area contributed by atoms with Crippen molar-refractivity contribution in [2.75, 3.05) is 19.6 Å². The first-order valence-corrected chi connectivity index (χ1v) is 8.13. The maximum Gasteiger partial charge on any atom is 0.176 e. The summed E-state index contributed by atoms with van der Waals surface area (Å²) in [5, 5.41) is 0. The molecule has 2 aliphatic rings.